The van der Waals surface area contributed by atoms with E-state index in [2.05, 4.69) is 9.97 Å². The summed E-state index contributed by atoms with van der Waals surface area (Å²) in [5.41, 5.74) is 5.48. The number of anilines is 1. The first-order chi connectivity index (χ1) is 6.27. The Morgan fingerprint density at radius 1 is 1.54 bits per heavy atom. The van der Waals surface area contributed by atoms with Crippen LogP contribution in [0.1, 0.15) is 12.8 Å². The molecule has 0 radical (unpaired) electrons. The molecule has 0 aromatic carbocycles. The van der Waals surface area contributed by atoms with Gasteiger partial charge in [-0.3, -0.25) is 0 Å². The van der Waals surface area contributed by atoms with Crippen LogP contribution in [0.3, 0.4) is 0 Å². The van der Waals surface area contributed by atoms with E-state index >= 15 is 0 Å². The molecule has 2 N–H and O–H groups in total. The monoisotopic (exact) mass is 199 g/mol. The summed E-state index contributed by atoms with van der Waals surface area (Å²) in [6, 6.07) is 0. The van der Waals surface area contributed by atoms with Gasteiger partial charge in [-0.2, -0.15) is 0 Å². The molecule has 0 atom stereocenters. The van der Waals surface area contributed by atoms with Crippen molar-refractivity contribution < 1.29 is 4.74 Å². The van der Waals surface area contributed by atoms with Gasteiger partial charge in [0, 0.05) is 0 Å². The Labute approximate surface area is 81.1 Å². The number of aromatic nitrogens is 2. The third-order valence-corrected chi connectivity index (χ3v) is 2.29. The molecule has 4 nitrogen and oxygen atoms in total. The van der Waals surface area contributed by atoms with Crippen LogP contribution in [-0.2, 0) is 0 Å². The highest BCUT2D eigenvalue weighted by Gasteiger charge is 2.22. The Morgan fingerprint density at radius 3 is 3.00 bits per heavy atom. The Kier molecular flexibility index (Phi) is 2.22. The van der Waals surface area contributed by atoms with Gasteiger partial charge in [-0.25, -0.2) is 9.97 Å². The summed E-state index contributed by atoms with van der Waals surface area (Å²) >= 11 is 5.82. The molecule has 0 aliphatic heterocycles. The Morgan fingerprint density at radius 2 is 2.31 bits per heavy atom. The first kappa shape index (κ1) is 8.56. The van der Waals surface area contributed by atoms with Gasteiger partial charge in [-0.15, -0.1) is 0 Å². The Bertz CT molecular complexity index is 314. The highest BCUT2D eigenvalue weighted by Crippen LogP contribution is 2.31. The molecule has 5 heteroatoms. The summed E-state index contributed by atoms with van der Waals surface area (Å²) in [4.78, 5) is 7.63. The number of nitrogens with two attached hydrogens (primary N) is 1. The van der Waals surface area contributed by atoms with E-state index < -0.39 is 0 Å². The molecule has 1 aliphatic rings. The second kappa shape index (κ2) is 3.38. The lowest BCUT2D eigenvalue weighted by atomic mass is 10.5. The Hall–Kier alpha value is -1.03. The molecule has 0 amide bonds. The smallest absolute Gasteiger partial charge is 0.237 e. The van der Waals surface area contributed by atoms with Crippen LogP contribution in [-0.4, -0.2) is 16.6 Å². The van der Waals surface area contributed by atoms with Crippen molar-refractivity contribution in [3.63, 3.8) is 0 Å². The normalized spacial score (nSPS) is 15.8. The average molecular weight is 200 g/mol. The zero-order valence-electron chi connectivity index (χ0n) is 7.03. The van der Waals surface area contributed by atoms with Crippen LogP contribution in [0.5, 0.6) is 5.88 Å². The van der Waals surface area contributed by atoms with Crippen LogP contribution in [0.2, 0.25) is 5.02 Å². The Balaban J connectivity index is 2.05. The van der Waals surface area contributed by atoms with Gasteiger partial charge < -0.3 is 10.5 Å². The third kappa shape index (κ3) is 2.01. The molecular weight excluding hydrogens is 190 g/mol. The number of halogens is 1. The topological polar surface area (TPSA) is 61.0 Å². The first-order valence-corrected chi connectivity index (χ1v) is 4.54. The van der Waals surface area contributed by atoms with Crippen LogP contribution < -0.4 is 10.5 Å². The summed E-state index contributed by atoms with van der Waals surface area (Å²) in [6.45, 7) is 0.677. The lowest BCUT2D eigenvalue weighted by Gasteiger charge is -2.05. The fourth-order valence-electron chi connectivity index (χ4n) is 0.948. The second-order valence-corrected chi connectivity index (χ2v) is 3.51. The standard InChI is InChI=1S/C8H10ClN3O/c9-6-7(10)11-4-12-8(6)13-3-5-1-2-5/h4-5H,1-3H2,(H2,10,11,12). The zero-order chi connectivity index (χ0) is 9.26. The fraction of sp³-hybridized carbons (Fsp3) is 0.500. The summed E-state index contributed by atoms with van der Waals surface area (Å²) in [7, 11) is 0. The van der Waals surface area contributed by atoms with E-state index in [0.717, 1.165) is 0 Å². The largest absolute Gasteiger partial charge is 0.476 e. The van der Waals surface area contributed by atoms with Gasteiger partial charge >= 0.3 is 0 Å². The SMILES string of the molecule is Nc1ncnc(OCC2CC2)c1Cl. The molecule has 1 saturated carbocycles. The molecule has 13 heavy (non-hydrogen) atoms. The minimum Gasteiger partial charge on any atom is -0.476 e. The molecular formula is C8H10ClN3O. The number of nitrogen functional groups attached to an aromatic ring is 1. The van der Waals surface area contributed by atoms with Gasteiger partial charge in [-0.05, 0) is 18.8 Å². The molecule has 70 valence electrons. The maximum atomic E-state index is 5.82. The predicted molar refractivity (Wildman–Crippen MR) is 49.7 cm³/mol. The van der Waals surface area contributed by atoms with Crippen LogP contribution in [0.25, 0.3) is 0 Å². The fourth-order valence-corrected chi connectivity index (χ4v) is 1.10. The number of hydrogen-bond acceptors (Lipinski definition) is 4. The minimum absolute atomic E-state index is 0.266. The van der Waals surface area contributed by atoms with E-state index in [1.54, 1.807) is 0 Å². The lowest BCUT2D eigenvalue weighted by Crippen LogP contribution is -2.03. The molecule has 1 aromatic rings. The number of nitrogens with zero attached hydrogens (tertiary/aromatic N) is 2. The van der Waals surface area contributed by atoms with Crippen molar-refractivity contribution in [1.29, 1.82) is 0 Å². The summed E-state index contributed by atoms with van der Waals surface area (Å²) < 4.78 is 5.38. The zero-order valence-corrected chi connectivity index (χ0v) is 7.79. The lowest BCUT2D eigenvalue weighted by molar-refractivity contribution is 0.288. The van der Waals surface area contributed by atoms with Crippen molar-refractivity contribution in [2.24, 2.45) is 5.92 Å². The van der Waals surface area contributed by atoms with Crippen molar-refractivity contribution in [3.8, 4) is 5.88 Å². The molecule has 1 fully saturated rings. The summed E-state index contributed by atoms with van der Waals surface area (Å²) in [5.74, 6) is 1.33. The van der Waals surface area contributed by atoms with Gasteiger partial charge in [0.15, 0.2) is 0 Å². The van der Waals surface area contributed by atoms with Gasteiger partial charge in [0.25, 0.3) is 0 Å². The highest BCUT2D eigenvalue weighted by molar-refractivity contribution is 6.33. The second-order valence-electron chi connectivity index (χ2n) is 3.13. The number of rotatable bonds is 3. The molecule has 0 bridgehead atoms. The number of hydrogen-bond donors (Lipinski definition) is 1. The van der Waals surface area contributed by atoms with Crippen LogP contribution in [0, 0.1) is 5.92 Å². The van der Waals surface area contributed by atoms with Crippen molar-refractivity contribution in [1.82, 2.24) is 9.97 Å². The van der Waals surface area contributed by atoms with E-state index in [0.29, 0.717) is 23.4 Å². The van der Waals surface area contributed by atoms with Gasteiger partial charge in [0.2, 0.25) is 5.88 Å². The maximum Gasteiger partial charge on any atom is 0.237 e. The van der Waals surface area contributed by atoms with Crippen molar-refractivity contribution in [3.05, 3.63) is 11.3 Å². The van der Waals surface area contributed by atoms with Gasteiger partial charge in [-0.1, -0.05) is 11.6 Å². The van der Waals surface area contributed by atoms with Crippen molar-refractivity contribution in [2.75, 3.05) is 12.3 Å². The maximum absolute atomic E-state index is 5.82. The minimum atomic E-state index is 0.266. The molecule has 0 saturated heterocycles. The average Bonchev–Trinajstić information content (AvgIpc) is 2.91. The van der Waals surface area contributed by atoms with Crippen molar-refractivity contribution in [2.45, 2.75) is 12.8 Å². The predicted octanol–water partition coefficient (Wildman–Crippen LogP) is 1.50. The van der Waals surface area contributed by atoms with Crippen LogP contribution in [0.4, 0.5) is 5.82 Å². The van der Waals surface area contributed by atoms with Crippen LogP contribution >= 0.6 is 11.6 Å². The van der Waals surface area contributed by atoms with E-state index in [9.17, 15) is 0 Å². The van der Waals surface area contributed by atoms with Crippen LogP contribution in [0.15, 0.2) is 6.33 Å². The van der Waals surface area contributed by atoms with E-state index in [4.69, 9.17) is 22.1 Å². The molecule has 2 rings (SSSR count). The summed E-state index contributed by atoms with van der Waals surface area (Å²) in [6.07, 6.45) is 3.82. The van der Waals surface area contributed by atoms with Gasteiger partial charge in [0.05, 0.1) is 6.61 Å². The summed E-state index contributed by atoms with van der Waals surface area (Å²) in [5, 5.41) is 0.308. The molecule has 1 aromatic heterocycles. The van der Waals surface area contributed by atoms with E-state index in [-0.39, 0.29) is 5.82 Å². The highest BCUT2D eigenvalue weighted by atomic mass is 35.5. The van der Waals surface area contributed by atoms with E-state index in [1.807, 2.05) is 0 Å². The van der Waals surface area contributed by atoms with Crippen molar-refractivity contribution >= 4 is 17.4 Å². The van der Waals surface area contributed by atoms with E-state index in [1.165, 1.54) is 19.2 Å². The first-order valence-electron chi connectivity index (χ1n) is 4.16. The molecule has 0 spiro atoms. The van der Waals surface area contributed by atoms with Gasteiger partial charge in [0.1, 0.15) is 17.2 Å². The third-order valence-electron chi connectivity index (χ3n) is 1.94. The number of ether oxygens (including phenoxy) is 1. The quantitative estimate of drug-likeness (QED) is 0.802. The molecule has 1 aliphatic carbocycles. The molecule has 1 heterocycles. The molecule has 0 unspecified atom stereocenters.